The van der Waals surface area contributed by atoms with Crippen molar-refractivity contribution >= 4 is 17.3 Å². The number of fused-ring (bicyclic) bond motifs is 1. The molecule has 1 aromatic carbocycles. The van der Waals surface area contributed by atoms with Crippen LogP contribution in [0.1, 0.15) is 46.9 Å². The van der Waals surface area contributed by atoms with E-state index in [-0.39, 0.29) is 29.8 Å². The minimum atomic E-state index is -0.410. The topological polar surface area (TPSA) is 75.5 Å². The van der Waals surface area contributed by atoms with E-state index in [0.717, 1.165) is 12.0 Å². The maximum Gasteiger partial charge on any atom is 0.287 e. The molecule has 6 nitrogen and oxygen atoms in total. The molecule has 0 fully saturated rings. The smallest absolute Gasteiger partial charge is 0.287 e. The number of imidazole rings is 1. The zero-order chi connectivity index (χ0) is 20.1. The Morgan fingerprint density at radius 2 is 1.82 bits per heavy atom. The number of nitrogens with one attached hydrogen (secondary N) is 2. The minimum absolute atomic E-state index is 0.131. The van der Waals surface area contributed by atoms with Gasteiger partial charge in [0.05, 0.1) is 5.52 Å². The molecule has 0 atom stereocenters. The SMILES string of the molecule is CC(C)CCNC(=O)c1nc(C(=O)NCc2ccc(F)cc2)n2ccccc12. The standard InChI is InChI=1S/C21H23FN4O2/c1-14(2)10-11-23-20(27)18-17-5-3-4-12-26(17)19(25-18)21(28)24-13-15-6-8-16(22)9-7-15/h3-9,12,14H,10-11,13H2,1-2H3,(H,23,27)(H,24,28). The van der Waals surface area contributed by atoms with Crippen molar-refractivity contribution in [2.24, 2.45) is 5.92 Å². The fraction of sp³-hybridized carbons (Fsp3) is 0.286. The van der Waals surface area contributed by atoms with Gasteiger partial charge in [-0.3, -0.25) is 14.0 Å². The third-order valence-corrected chi connectivity index (χ3v) is 4.34. The molecule has 3 aromatic rings. The molecule has 2 amide bonds. The number of carbonyl (C=O) groups excluding carboxylic acids is 2. The number of carbonyl (C=O) groups is 2. The lowest BCUT2D eigenvalue weighted by Crippen LogP contribution is -2.27. The van der Waals surface area contributed by atoms with Crippen molar-refractivity contribution in [3.8, 4) is 0 Å². The minimum Gasteiger partial charge on any atom is -0.351 e. The summed E-state index contributed by atoms with van der Waals surface area (Å²) in [6.07, 6.45) is 2.56. The molecule has 0 saturated carbocycles. The highest BCUT2D eigenvalue weighted by molar-refractivity contribution is 6.02. The Labute approximate surface area is 162 Å². The molecule has 7 heteroatoms. The van der Waals surface area contributed by atoms with Crippen LogP contribution >= 0.6 is 0 Å². The lowest BCUT2D eigenvalue weighted by Gasteiger charge is -2.05. The molecule has 0 aliphatic heterocycles. The van der Waals surface area contributed by atoms with E-state index >= 15 is 0 Å². The van der Waals surface area contributed by atoms with Crippen LogP contribution in [0.5, 0.6) is 0 Å². The van der Waals surface area contributed by atoms with E-state index in [2.05, 4.69) is 29.5 Å². The Morgan fingerprint density at radius 3 is 2.54 bits per heavy atom. The fourth-order valence-corrected chi connectivity index (χ4v) is 2.79. The van der Waals surface area contributed by atoms with Crippen LogP contribution in [0.25, 0.3) is 5.52 Å². The van der Waals surface area contributed by atoms with Crippen molar-refractivity contribution in [3.63, 3.8) is 0 Å². The summed E-state index contributed by atoms with van der Waals surface area (Å²) in [4.78, 5) is 29.5. The van der Waals surface area contributed by atoms with Crippen LogP contribution in [0, 0.1) is 11.7 Å². The number of benzene rings is 1. The molecule has 2 heterocycles. The molecule has 0 saturated heterocycles. The zero-order valence-electron chi connectivity index (χ0n) is 15.9. The molecule has 0 aliphatic rings. The van der Waals surface area contributed by atoms with Gasteiger partial charge in [-0.05, 0) is 42.2 Å². The molecule has 0 radical (unpaired) electrons. The van der Waals surface area contributed by atoms with Crippen molar-refractivity contribution in [1.82, 2.24) is 20.0 Å². The van der Waals surface area contributed by atoms with Gasteiger partial charge >= 0.3 is 0 Å². The number of hydrogen-bond donors (Lipinski definition) is 2. The summed E-state index contributed by atoms with van der Waals surface area (Å²) in [5.74, 6) is -0.435. The zero-order valence-corrected chi connectivity index (χ0v) is 15.9. The summed E-state index contributed by atoms with van der Waals surface area (Å²) in [5.41, 5.74) is 1.55. The van der Waals surface area contributed by atoms with E-state index in [9.17, 15) is 14.0 Å². The summed E-state index contributed by atoms with van der Waals surface area (Å²) >= 11 is 0. The van der Waals surface area contributed by atoms with E-state index in [1.807, 2.05) is 0 Å². The number of amides is 2. The van der Waals surface area contributed by atoms with Gasteiger partial charge in [-0.2, -0.15) is 0 Å². The Morgan fingerprint density at radius 1 is 1.07 bits per heavy atom. The van der Waals surface area contributed by atoms with Crippen LogP contribution in [-0.2, 0) is 6.54 Å². The number of aromatic nitrogens is 2. The molecular formula is C21H23FN4O2. The molecular weight excluding hydrogens is 359 g/mol. The van der Waals surface area contributed by atoms with Gasteiger partial charge in [0.25, 0.3) is 11.8 Å². The second-order valence-corrected chi connectivity index (χ2v) is 6.99. The quantitative estimate of drug-likeness (QED) is 0.659. The molecule has 2 N–H and O–H groups in total. The maximum absolute atomic E-state index is 13.0. The van der Waals surface area contributed by atoms with Gasteiger partial charge in [0.2, 0.25) is 5.82 Å². The van der Waals surface area contributed by atoms with Crippen LogP contribution in [0.4, 0.5) is 4.39 Å². The Bertz CT molecular complexity index is 980. The number of hydrogen-bond acceptors (Lipinski definition) is 3. The number of pyridine rings is 1. The van der Waals surface area contributed by atoms with E-state index < -0.39 is 5.91 Å². The summed E-state index contributed by atoms with van der Waals surface area (Å²) in [6.45, 7) is 4.95. The fourth-order valence-electron chi connectivity index (χ4n) is 2.79. The highest BCUT2D eigenvalue weighted by Gasteiger charge is 2.21. The van der Waals surface area contributed by atoms with Gasteiger partial charge < -0.3 is 10.6 Å². The average molecular weight is 382 g/mol. The summed E-state index contributed by atoms with van der Waals surface area (Å²) < 4.78 is 14.6. The summed E-state index contributed by atoms with van der Waals surface area (Å²) in [7, 11) is 0. The molecule has 0 unspecified atom stereocenters. The van der Waals surface area contributed by atoms with Gasteiger partial charge in [-0.15, -0.1) is 0 Å². The Hall–Kier alpha value is -3.22. The number of nitrogens with zero attached hydrogens (tertiary/aromatic N) is 2. The largest absolute Gasteiger partial charge is 0.351 e. The Kier molecular flexibility index (Phi) is 6.03. The predicted octanol–water partition coefficient (Wildman–Crippen LogP) is 3.18. The third kappa shape index (κ3) is 4.54. The highest BCUT2D eigenvalue weighted by atomic mass is 19.1. The van der Waals surface area contributed by atoms with Gasteiger partial charge in [-0.1, -0.05) is 32.0 Å². The first-order chi connectivity index (χ1) is 13.5. The molecule has 3 rings (SSSR count). The van der Waals surface area contributed by atoms with Crippen molar-refractivity contribution in [3.05, 3.63) is 71.6 Å². The second-order valence-electron chi connectivity index (χ2n) is 6.99. The van der Waals surface area contributed by atoms with Gasteiger partial charge in [0.15, 0.2) is 5.69 Å². The molecule has 0 bridgehead atoms. The van der Waals surface area contributed by atoms with Crippen LogP contribution in [0.15, 0.2) is 48.7 Å². The lowest BCUT2D eigenvalue weighted by atomic mass is 10.1. The van der Waals surface area contributed by atoms with Gasteiger partial charge in [0, 0.05) is 19.3 Å². The van der Waals surface area contributed by atoms with Crippen molar-refractivity contribution in [2.45, 2.75) is 26.8 Å². The van der Waals surface area contributed by atoms with E-state index in [0.29, 0.717) is 18.0 Å². The molecule has 0 aliphatic carbocycles. The monoisotopic (exact) mass is 382 g/mol. The molecule has 0 spiro atoms. The first-order valence-electron chi connectivity index (χ1n) is 9.23. The van der Waals surface area contributed by atoms with Crippen molar-refractivity contribution in [1.29, 1.82) is 0 Å². The third-order valence-electron chi connectivity index (χ3n) is 4.34. The average Bonchev–Trinajstić information content (AvgIpc) is 3.07. The predicted molar refractivity (Wildman–Crippen MR) is 105 cm³/mol. The second kappa shape index (κ2) is 8.65. The first-order valence-corrected chi connectivity index (χ1v) is 9.23. The summed E-state index contributed by atoms with van der Waals surface area (Å²) in [6, 6.07) is 11.2. The molecule has 2 aromatic heterocycles. The maximum atomic E-state index is 13.0. The highest BCUT2D eigenvalue weighted by Crippen LogP contribution is 2.14. The normalized spacial score (nSPS) is 11.0. The summed E-state index contributed by atoms with van der Waals surface area (Å²) in [5, 5.41) is 5.62. The first kappa shape index (κ1) is 19.5. The van der Waals surface area contributed by atoms with Crippen LogP contribution < -0.4 is 10.6 Å². The number of halogens is 1. The Balaban J connectivity index is 1.78. The van der Waals surface area contributed by atoms with Crippen molar-refractivity contribution < 1.29 is 14.0 Å². The van der Waals surface area contributed by atoms with Crippen LogP contribution in [-0.4, -0.2) is 27.7 Å². The lowest BCUT2D eigenvalue weighted by molar-refractivity contribution is 0.0939. The van der Waals surface area contributed by atoms with Crippen LogP contribution in [0.2, 0.25) is 0 Å². The van der Waals surface area contributed by atoms with E-state index in [4.69, 9.17) is 0 Å². The number of rotatable bonds is 7. The molecule has 28 heavy (non-hydrogen) atoms. The van der Waals surface area contributed by atoms with Gasteiger partial charge in [-0.25, -0.2) is 9.37 Å². The van der Waals surface area contributed by atoms with E-state index in [1.54, 1.807) is 40.9 Å². The van der Waals surface area contributed by atoms with Crippen molar-refractivity contribution in [2.75, 3.05) is 6.54 Å². The van der Waals surface area contributed by atoms with Gasteiger partial charge in [0.1, 0.15) is 5.82 Å². The van der Waals surface area contributed by atoms with E-state index in [1.165, 1.54) is 12.1 Å². The van der Waals surface area contributed by atoms with Crippen LogP contribution in [0.3, 0.4) is 0 Å². The molecule has 146 valence electrons.